The van der Waals surface area contributed by atoms with Gasteiger partial charge in [-0.2, -0.15) is 8.42 Å². The minimum atomic E-state index is -4.67. The van der Waals surface area contributed by atoms with E-state index in [0.29, 0.717) is 0 Å². The maximum absolute atomic E-state index is 10.3. The molecular formula is C3H8N4O5S. The Hall–Kier alpha value is -1.52. The normalized spacial score (nSPS) is 10.3. The fourth-order valence-electron chi connectivity index (χ4n) is 0.381. The molecule has 1 aromatic rings. The van der Waals surface area contributed by atoms with E-state index in [1.807, 2.05) is 0 Å². The number of nitrogens with two attached hydrogens (primary N) is 2. The maximum atomic E-state index is 10.3. The first-order chi connectivity index (χ1) is 5.72. The standard InChI is InChI=1S/C3H6N4O.H2O4S/c4-1-2(5)6-7-3(1)8;1-5(2,3)4/h4H2,(H4,5,6,7,8);(H2,1,2,3,4). The van der Waals surface area contributed by atoms with Crippen LogP contribution >= 0.6 is 0 Å². The Morgan fingerprint density at radius 2 is 1.54 bits per heavy atom. The quantitative estimate of drug-likeness (QED) is 0.275. The van der Waals surface area contributed by atoms with Crippen molar-refractivity contribution in [1.82, 2.24) is 10.2 Å². The zero-order valence-electron chi connectivity index (χ0n) is 6.18. The number of nitrogens with one attached hydrogen (secondary N) is 2. The van der Waals surface area contributed by atoms with E-state index in [1.165, 1.54) is 0 Å². The Balaban J connectivity index is 0.000000252. The topological polar surface area (TPSA) is 175 Å². The van der Waals surface area contributed by atoms with Crippen molar-refractivity contribution in [2.75, 3.05) is 11.5 Å². The molecule has 0 aliphatic carbocycles. The third-order valence-electron chi connectivity index (χ3n) is 0.845. The lowest BCUT2D eigenvalue weighted by molar-refractivity contribution is 0.381. The van der Waals surface area contributed by atoms with E-state index >= 15 is 0 Å². The van der Waals surface area contributed by atoms with Crippen LogP contribution in [0.4, 0.5) is 11.5 Å². The van der Waals surface area contributed by atoms with Crippen molar-refractivity contribution in [2.24, 2.45) is 0 Å². The van der Waals surface area contributed by atoms with Crippen molar-refractivity contribution in [2.45, 2.75) is 0 Å². The van der Waals surface area contributed by atoms with Gasteiger partial charge in [0.1, 0.15) is 11.5 Å². The molecule has 0 atom stereocenters. The number of H-pyrrole nitrogens is 2. The summed E-state index contributed by atoms with van der Waals surface area (Å²) in [7, 11) is -4.67. The summed E-state index contributed by atoms with van der Waals surface area (Å²) in [5, 5.41) is 4.56. The summed E-state index contributed by atoms with van der Waals surface area (Å²) in [6.45, 7) is 0. The average molecular weight is 212 g/mol. The highest BCUT2D eigenvalue weighted by Crippen LogP contribution is 1.98. The first-order valence-electron chi connectivity index (χ1n) is 2.73. The molecule has 1 aromatic heterocycles. The Kier molecular flexibility index (Phi) is 3.47. The molecule has 0 aromatic carbocycles. The number of hydrogen-bond acceptors (Lipinski definition) is 5. The summed E-state index contributed by atoms with van der Waals surface area (Å²) < 4.78 is 31.6. The monoisotopic (exact) mass is 212 g/mol. The van der Waals surface area contributed by atoms with Gasteiger partial charge < -0.3 is 11.5 Å². The summed E-state index contributed by atoms with van der Waals surface area (Å²) in [6.07, 6.45) is 0. The number of hydrogen-bond donors (Lipinski definition) is 6. The first-order valence-corrected chi connectivity index (χ1v) is 4.13. The molecule has 0 aliphatic heterocycles. The molecule has 0 aliphatic rings. The van der Waals surface area contributed by atoms with Gasteiger partial charge in [-0.15, -0.1) is 0 Å². The van der Waals surface area contributed by atoms with Gasteiger partial charge in [0.25, 0.3) is 5.56 Å². The van der Waals surface area contributed by atoms with Crippen LogP contribution < -0.4 is 17.0 Å². The van der Waals surface area contributed by atoms with Crippen LogP contribution in [0.1, 0.15) is 0 Å². The van der Waals surface area contributed by atoms with Crippen molar-refractivity contribution in [3.8, 4) is 0 Å². The average Bonchev–Trinajstić information content (AvgIpc) is 2.16. The lowest BCUT2D eigenvalue weighted by Crippen LogP contribution is -2.05. The third-order valence-corrected chi connectivity index (χ3v) is 0.845. The largest absolute Gasteiger partial charge is 0.394 e. The van der Waals surface area contributed by atoms with Gasteiger partial charge in [-0.1, -0.05) is 0 Å². The molecule has 8 N–H and O–H groups in total. The van der Waals surface area contributed by atoms with Crippen molar-refractivity contribution in [3.63, 3.8) is 0 Å². The molecule has 0 bridgehead atoms. The lowest BCUT2D eigenvalue weighted by atomic mass is 10.5. The Morgan fingerprint density at radius 1 is 1.15 bits per heavy atom. The minimum Gasteiger partial charge on any atom is -0.391 e. The highest BCUT2D eigenvalue weighted by molar-refractivity contribution is 7.79. The van der Waals surface area contributed by atoms with Gasteiger partial charge in [0.05, 0.1) is 0 Å². The molecule has 0 fully saturated rings. The molecule has 0 unspecified atom stereocenters. The highest BCUT2D eigenvalue weighted by atomic mass is 32.3. The van der Waals surface area contributed by atoms with E-state index < -0.39 is 10.4 Å². The van der Waals surface area contributed by atoms with E-state index in [9.17, 15) is 4.79 Å². The Labute approximate surface area is 72.3 Å². The number of aromatic nitrogens is 2. The molecule has 0 radical (unpaired) electrons. The molecule has 0 spiro atoms. The van der Waals surface area contributed by atoms with E-state index in [4.69, 9.17) is 29.0 Å². The second-order valence-corrected chi connectivity index (χ2v) is 2.75. The van der Waals surface area contributed by atoms with Crippen LogP contribution in [-0.2, 0) is 10.4 Å². The number of aromatic amines is 2. The number of rotatable bonds is 0. The second kappa shape index (κ2) is 3.93. The molecule has 9 nitrogen and oxygen atoms in total. The minimum absolute atomic E-state index is 0.0463. The molecule has 10 heteroatoms. The predicted molar refractivity (Wildman–Crippen MR) is 44.4 cm³/mol. The van der Waals surface area contributed by atoms with E-state index in [0.717, 1.165) is 0 Å². The van der Waals surface area contributed by atoms with Gasteiger partial charge >= 0.3 is 10.4 Å². The van der Waals surface area contributed by atoms with Crippen LogP contribution in [0.2, 0.25) is 0 Å². The number of anilines is 2. The van der Waals surface area contributed by atoms with Gasteiger partial charge in [0.15, 0.2) is 0 Å². The van der Waals surface area contributed by atoms with Gasteiger partial charge in [-0.25, -0.2) is 0 Å². The SMILES string of the molecule is Nc1[nH][nH]c(=O)c1N.O=S(=O)(O)O. The van der Waals surface area contributed by atoms with E-state index in [-0.39, 0.29) is 17.1 Å². The number of nitrogen functional groups attached to an aromatic ring is 2. The zero-order valence-corrected chi connectivity index (χ0v) is 7.00. The molecule has 13 heavy (non-hydrogen) atoms. The molecule has 0 saturated carbocycles. The summed E-state index contributed by atoms with van der Waals surface area (Å²) >= 11 is 0. The Morgan fingerprint density at radius 3 is 1.62 bits per heavy atom. The highest BCUT2D eigenvalue weighted by Gasteiger charge is 1.97. The van der Waals surface area contributed by atoms with Crippen LogP contribution in [-0.4, -0.2) is 27.7 Å². The maximum Gasteiger partial charge on any atom is 0.394 e. The predicted octanol–water partition coefficient (Wildman–Crippen LogP) is -1.79. The van der Waals surface area contributed by atoms with Crippen LogP contribution in [0.5, 0.6) is 0 Å². The van der Waals surface area contributed by atoms with Gasteiger partial charge in [-0.05, 0) is 0 Å². The van der Waals surface area contributed by atoms with Gasteiger partial charge in [0, 0.05) is 0 Å². The van der Waals surface area contributed by atoms with Gasteiger partial charge in [-0.3, -0.25) is 24.1 Å². The third kappa shape index (κ3) is 5.72. The van der Waals surface area contributed by atoms with E-state index in [2.05, 4.69) is 10.2 Å². The summed E-state index contributed by atoms with van der Waals surface area (Å²) in [4.78, 5) is 10.3. The van der Waals surface area contributed by atoms with Crippen molar-refractivity contribution in [3.05, 3.63) is 10.4 Å². The van der Waals surface area contributed by atoms with E-state index in [1.54, 1.807) is 0 Å². The van der Waals surface area contributed by atoms with Crippen LogP contribution in [0.25, 0.3) is 0 Å². The Bertz CT molecular complexity index is 407. The molecule has 76 valence electrons. The molecule has 1 heterocycles. The smallest absolute Gasteiger partial charge is 0.391 e. The van der Waals surface area contributed by atoms with Gasteiger partial charge in [0.2, 0.25) is 0 Å². The summed E-state index contributed by atoms with van der Waals surface area (Å²) in [6, 6.07) is 0. The molecule has 1 rings (SSSR count). The van der Waals surface area contributed by atoms with Crippen LogP contribution in [0.15, 0.2) is 4.79 Å². The fourth-order valence-corrected chi connectivity index (χ4v) is 0.381. The van der Waals surface area contributed by atoms with Crippen LogP contribution in [0.3, 0.4) is 0 Å². The second-order valence-electron chi connectivity index (χ2n) is 1.85. The van der Waals surface area contributed by atoms with Crippen molar-refractivity contribution < 1.29 is 17.5 Å². The molecular weight excluding hydrogens is 204 g/mol. The summed E-state index contributed by atoms with van der Waals surface area (Å²) in [5.74, 6) is 0.190. The zero-order chi connectivity index (χ0) is 10.6. The molecule has 0 amide bonds. The fraction of sp³-hybridized carbons (Fsp3) is 0. The summed E-state index contributed by atoms with van der Waals surface area (Å²) in [5.41, 5.74) is 9.90. The lowest BCUT2D eigenvalue weighted by Gasteiger charge is -1.80. The molecule has 0 saturated heterocycles. The van der Waals surface area contributed by atoms with Crippen molar-refractivity contribution >= 4 is 21.9 Å². The first kappa shape index (κ1) is 11.5. The van der Waals surface area contributed by atoms with Crippen molar-refractivity contribution in [1.29, 1.82) is 0 Å². The van der Waals surface area contributed by atoms with Crippen LogP contribution in [0, 0.1) is 0 Å².